The van der Waals surface area contributed by atoms with Gasteiger partial charge in [-0.25, -0.2) is 0 Å². The van der Waals surface area contributed by atoms with Gasteiger partial charge in [0.25, 0.3) is 0 Å². The maximum Gasteiger partial charge on any atom is 0.334 e. The summed E-state index contributed by atoms with van der Waals surface area (Å²) in [6.07, 6.45) is 0.951. The van der Waals surface area contributed by atoms with Gasteiger partial charge in [-0.15, -0.1) is 0 Å². The SMILES string of the molecule is CO[Si](C)(CCCOCCOCN)OC. The lowest BCUT2D eigenvalue weighted by molar-refractivity contribution is 0.0498. The van der Waals surface area contributed by atoms with E-state index in [9.17, 15) is 0 Å². The summed E-state index contributed by atoms with van der Waals surface area (Å²) in [5, 5.41) is 0. The van der Waals surface area contributed by atoms with Crippen LogP contribution in [0.25, 0.3) is 0 Å². The van der Waals surface area contributed by atoms with E-state index in [1.807, 2.05) is 6.55 Å². The summed E-state index contributed by atoms with van der Waals surface area (Å²) in [6.45, 7) is 4.16. The van der Waals surface area contributed by atoms with E-state index >= 15 is 0 Å². The minimum Gasteiger partial charge on any atom is -0.398 e. The third kappa shape index (κ3) is 7.89. The van der Waals surface area contributed by atoms with Crippen molar-refractivity contribution in [2.24, 2.45) is 5.73 Å². The molecule has 2 N–H and O–H groups in total. The Morgan fingerprint density at radius 1 is 1.00 bits per heavy atom. The third-order valence-corrected chi connectivity index (χ3v) is 5.26. The molecule has 0 bridgehead atoms. The quantitative estimate of drug-likeness (QED) is 0.344. The van der Waals surface area contributed by atoms with Gasteiger partial charge in [0.05, 0.1) is 19.9 Å². The average molecular weight is 237 g/mol. The largest absolute Gasteiger partial charge is 0.398 e. The van der Waals surface area contributed by atoms with E-state index in [1.165, 1.54) is 0 Å². The van der Waals surface area contributed by atoms with E-state index in [4.69, 9.17) is 24.1 Å². The van der Waals surface area contributed by atoms with Crippen molar-refractivity contribution < 1.29 is 18.3 Å². The van der Waals surface area contributed by atoms with Crippen LogP contribution in [0.2, 0.25) is 12.6 Å². The van der Waals surface area contributed by atoms with E-state index in [0.29, 0.717) is 19.8 Å². The molecule has 0 amide bonds. The van der Waals surface area contributed by atoms with Gasteiger partial charge in [0.15, 0.2) is 0 Å². The molecular weight excluding hydrogens is 214 g/mol. The summed E-state index contributed by atoms with van der Waals surface area (Å²) in [5.41, 5.74) is 5.16. The first-order valence-corrected chi connectivity index (χ1v) is 7.66. The molecule has 0 aliphatic rings. The fourth-order valence-corrected chi connectivity index (χ4v) is 2.45. The van der Waals surface area contributed by atoms with Crippen LogP contribution in [-0.2, 0) is 18.3 Å². The molecule has 0 aliphatic carbocycles. The Bertz CT molecular complexity index is 144. The van der Waals surface area contributed by atoms with Crippen molar-refractivity contribution in [2.75, 3.05) is 40.8 Å². The van der Waals surface area contributed by atoms with Crippen LogP contribution >= 0.6 is 0 Å². The van der Waals surface area contributed by atoms with Crippen LogP contribution in [0.3, 0.4) is 0 Å². The zero-order valence-electron chi connectivity index (χ0n) is 9.95. The lowest BCUT2D eigenvalue weighted by Gasteiger charge is -2.22. The molecular formula is C9H23NO4Si. The van der Waals surface area contributed by atoms with Crippen LogP contribution in [0.15, 0.2) is 0 Å². The summed E-state index contributed by atoms with van der Waals surface area (Å²) in [4.78, 5) is 0. The van der Waals surface area contributed by atoms with E-state index < -0.39 is 8.56 Å². The minimum absolute atomic E-state index is 0.252. The molecule has 0 spiro atoms. The predicted octanol–water partition coefficient (Wildman–Crippen LogP) is 0.691. The van der Waals surface area contributed by atoms with Crippen LogP contribution in [-0.4, -0.2) is 49.3 Å². The normalized spacial score (nSPS) is 12.0. The fraction of sp³-hybridized carbons (Fsp3) is 1.00. The summed E-state index contributed by atoms with van der Waals surface area (Å²) in [5.74, 6) is 0. The molecule has 0 atom stereocenters. The zero-order valence-corrected chi connectivity index (χ0v) is 11.0. The van der Waals surface area contributed by atoms with Gasteiger partial charge < -0.3 is 24.1 Å². The highest BCUT2D eigenvalue weighted by Gasteiger charge is 2.27. The molecule has 0 aliphatic heterocycles. The first kappa shape index (κ1) is 15.0. The van der Waals surface area contributed by atoms with Crippen molar-refractivity contribution in [1.29, 1.82) is 0 Å². The van der Waals surface area contributed by atoms with Gasteiger partial charge in [-0.05, 0) is 19.0 Å². The molecule has 0 radical (unpaired) electrons. The third-order valence-electron chi connectivity index (χ3n) is 2.27. The number of hydrogen-bond donors (Lipinski definition) is 1. The Morgan fingerprint density at radius 3 is 2.13 bits per heavy atom. The summed E-state index contributed by atoms with van der Waals surface area (Å²) in [6, 6.07) is 0.942. The maximum atomic E-state index is 5.35. The van der Waals surface area contributed by atoms with Crippen LogP contribution < -0.4 is 5.73 Å². The number of rotatable bonds is 10. The number of nitrogens with two attached hydrogens (primary N) is 1. The Kier molecular flexibility index (Phi) is 9.27. The molecule has 0 aromatic rings. The second kappa shape index (κ2) is 9.26. The van der Waals surface area contributed by atoms with Crippen molar-refractivity contribution in [3.63, 3.8) is 0 Å². The van der Waals surface area contributed by atoms with Gasteiger partial charge in [0.2, 0.25) is 0 Å². The second-order valence-electron chi connectivity index (χ2n) is 3.33. The molecule has 0 saturated carbocycles. The first-order chi connectivity index (χ1) is 7.18. The monoisotopic (exact) mass is 237 g/mol. The van der Waals surface area contributed by atoms with Gasteiger partial charge in [0.1, 0.15) is 0 Å². The molecule has 0 unspecified atom stereocenters. The van der Waals surface area contributed by atoms with Crippen molar-refractivity contribution in [2.45, 2.75) is 19.0 Å². The molecule has 6 heteroatoms. The standard InChI is InChI=1S/C9H23NO4Si/c1-11-15(3,12-2)8-4-5-13-6-7-14-9-10/h4-10H2,1-3H3. The Labute approximate surface area is 93.1 Å². The van der Waals surface area contributed by atoms with Gasteiger partial charge >= 0.3 is 8.56 Å². The lowest BCUT2D eigenvalue weighted by Crippen LogP contribution is -2.36. The van der Waals surface area contributed by atoms with Gasteiger partial charge in [-0.1, -0.05) is 0 Å². The molecule has 0 heterocycles. The van der Waals surface area contributed by atoms with Crippen molar-refractivity contribution in [3.05, 3.63) is 0 Å². The van der Waals surface area contributed by atoms with E-state index in [1.54, 1.807) is 14.2 Å². The highest BCUT2D eigenvalue weighted by Crippen LogP contribution is 2.13. The van der Waals surface area contributed by atoms with Crippen molar-refractivity contribution >= 4 is 8.56 Å². The molecule has 0 aromatic heterocycles. The van der Waals surface area contributed by atoms with Crippen LogP contribution in [0.1, 0.15) is 6.42 Å². The maximum absolute atomic E-state index is 5.35. The lowest BCUT2D eigenvalue weighted by atomic mass is 10.5. The topological polar surface area (TPSA) is 62.9 Å². The first-order valence-electron chi connectivity index (χ1n) is 5.14. The molecule has 0 saturated heterocycles. The summed E-state index contributed by atoms with van der Waals surface area (Å²) >= 11 is 0. The van der Waals surface area contributed by atoms with Gasteiger partial charge in [-0.3, -0.25) is 0 Å². The summed E-state index contributed by atoms with van der Waals surface area (Å²) < 4.78 is 21.0. The van der Waals surface area contributed by atoms with Crippen LogP contribution in [0.4, 0.5) is 0 Å². The molecule has 0 rings (SSSR count). The molecule has 15 heavy (non-hydrogen) atoms. The molecule has 0 aromatic carbocycles. The van der Waals surface area contributed by atoms with E-state index in [2.05, 4.69) is 0 Å². The van der Waals surface area contributed by atoms with Gasteiger partial charge in [-0.2, -0.15) is 0 Å². The molecule has 5 nitrogen and oxygen atoms in total. The Morgan fingerprint density at radius 2 is 1.60 bits per heavy atom. The van der Waals surface area contributed by atoms with Crippen LogP contribution in [0.5, 0.6) is 0 Å². The minimum atomic E-state index is -1.90. The highest BCUT2D eigenvalue weighted by molar-refractivity contribution is 6.65. The predicted molar refractivity (Wildman–Crippen MR) is 60.9 cm³/mol. The smallest absolute Gasteiger partial charge is 0.334 e. The van der Waals surface area contributed by atoms with E-state index in [-0.39, 0.29) is 6.73 Å². The zero-order chi connectivity index (χ0) is 11.6. The molecule has 92 valence electrons. The van der Waals surface area contributed by atoms with Crippen LogP contribution in [0, 0.1) is 0 Å². The average Bonchev–Trinajstić information content (AvgIpc) is 2.27. The van der Waals surface area contributed by atoms with Gasteiger partial charge in [0, 0.05) is 20.8 Å². The highest BCUT2D eigenvalue weighted by atomic mass is 28.4. The molecule has 0 fully saturated rings. The second-order valence-corrected chi connectivity index (χ2v) is 6.92. The Balaban J connectivity index is 3.29. The fourth-order valence-electron chi connectivity index (χ4n) is 1.09. The van der Waals surface area contributed by atoms with Crippen molar-refractivity contribution in [1.82, 2.24) is 0 Å². The summed E-state index contributed by atoms with van der Waals surface area (Å²) in [7, 11) is 1.50. The Hall–Kier alpha value is 0.0169. The number of hydrogen-bond acceptors (Lipinski definition) is 5. The number of ether oxygens (including phenoxy) is 2. The van der Waals surface area contributed by atoms with Crippen molar-refractivity contribution in [3.8, 4) is 0 Å². The van der Waals surface area contributed by atoms with E-state index in [0.717, 1.165) is 12.5 Å².